The number of aliphatic carboxylic acids is 1. The van der Waals surface area contributed by atoms with Gasteiger partial charge in [-0.2, -0.15) is 0 Å². The summed E-state index contributed by atoms with van der Waals surface area (Å²) in [7, 11) is 0. The lowest BCUT2D eigenvalue weighted by Crippen LogP contribution is -2.33. The molecule has 0 spiro atoms. The largest absolute Gasteiger partial charge is 0.508 e. The second kappa shape index (κ2) is 3.99. The van der Waals surface area contributed by atoms with Crippen LogP contribution in [0.5, 0.6) is 5.75 Å². The predicted molar refractivity (Wildman–Crippen MR) is 64.4 cm³/mol. The van der Waals surface area contributed by atoms with Crippen molar-refractivity contribution in [3.8, 4) is 5.75 Å². The summed E-state index contributed by atoms with van der Waals surface area (Å²) >= 11 is 0. The lowest BCUT2D eigenvalue weighted by atomic mass is 9.75. The van der Waals surface area contributed by atoms with Gasteiger partial charge < -0.3 is 14.9 Å². The van der Waals surface area contributed by atoms with Crippen molar-refractivity contribution >= 4 is 5.97 Å². The zero-order chi connectivity index (χ0) is 12.8. The van der Waals surface area contributed by atoms with Gasteiger partial charge in [0, 0.05) is 5.56 Å². The molecule has 18 heavy (non-hydrogen) atoms. The number of phenolic OH excluding ortho intramolecular Hbond substituents is 1. The minimum atomic E-state index is -0.914. The number of benzene rings is 1. The van der Waals surface area contributed by atoms with Crippen LogP contribution in [-0.4, -0.2) is 16.2 Å². The minimum Gasteiger partial charge on any atom is -0.508 e. The van der Waals surface area contributed by atoms with Crippen molar-refractivity contribution in [1.82, 2.24) is 0 Å². The van der Waals surface area contributed by atoms with Gasteiger partial charge in [0.1, 0.15) is 5.75 Å². The average Bonchev–Trinajstić information content (AvgIpc) is 2.96. The maximum absolute atomic E-state index is 11.7. The van der Waals surface area contributed by atoms with Crippen LogP contribution in [0, 0.1) is 0 Å². The Labute approximate surface area is 105 Å². The molecule has 96 valence electrons. The van der Waals surface area contributed by atoms with Crippen molar-refractivity contribution in [1.29, 1.82) is 0 Å². The zero-order valence-corrected chi connectivity index (χ0v) is 10.1. The Kier molecular flexibility index (Phi) is 2.55. The molecule has 0 aromatic heterocycles. The van der Waals surface area contributed by atoms with E-state index in [9.17, 15) is 15.0 Å². The number of carboxylic acid groups (broad SMARTS) is 1. The van der Waals surface area contributed by atoms with Gasteiger partial charge in [0.25, 0.3) is 0 Å². The van der Waals surface area contributed by atoms with E-state index in [2.05, 4.69) is 0 Å². The summed E-state index contributed by atoms with van der Waals surface area (Å²) in [6.45, 7) is 0.923. The predicted octanol–water partition coefficient (Wildman–Crippen LogP) is 2.32. The van der Waals surface area contributed by atoms with Crippen LogP contribution in [0.1, 0.15) is 42.4 Å². The summed E-state index contributed by atoms with van der Waals surface area (Å²) in [5, 5.41) is 19.8. The highest BCUT2D eigenvalue weighted by molar-refractivity contribution is 5.84. The van der Waals surface area contributed by atoms with Crippen molar-refractivity contribution in [2.24, 2.45) is 0 Å². The van der Waals surface area contributed by atoms with E-state index in [1.54, 1.807) is 6.07 Å². The van der Waals surface area contributed by atoms with Crippen LogP contribution < -0.4 is 0 Å². The first-order valence-corrected chi connectivity index (χ1v) is 6.30. The van der Waals surface area contributed by atoms with E-state index in [0.717, 1.165) is 24.0 Å². The van der Waals surface area contributed by atoms with E-state index in [1.165, 1.54) is 0 Å². The van der Waals surface area contributed by atoms with Gasteiger partial charge >= 0.3 is 5.97 Å². The Bertz CT molecular complexity index is 501. The molecular formula is C14H16O4. The van der Waals surface area contributed by atoms with Gasteiger partial charge in [-0.15, -0.1) is 0 Å². The molecule has 1 fully saturated rings. The van der Waals surface area contributed by atoms with E-state index in [-0.39, 0.29) is 5.75 Å². The van der Waals surface area contributed by atoms with Crippen LogP contribution in [-0.2, 0) is 28.2 Å². The molecule has 1 saturated carbocycles. The normalized spacial score (nSPS) is 20.9. The summed E-state index contributed by atoms with van der Waals surface area (Å²) < 4.78 is 5.39. The Hall–Kier alpha value is -1.55. The van der Waals surface area contributed by atoms with E-state index >= 15 is 0 Å². The average molecular weight is 248 g/mol. The maximum Gasteiger partial charge on any atom is 0.314 e. The fourth-order valence-electron chi connectivity index (χ4n) is 3.33. The highest BCUT2D eigenvalue weighted by Crippen LogP contribution is 2.48. The summed E-state index contributed by atoms with van der Waals surface area (Å²) in [5.41, 5.74) is 1.58. The van der Waals surface area contributed by atoms with Gasteiger partial charge in [-0.1, -0.05) is 18.9 Å². The topological polar surface area (TPSA) is 66.8 Å². The van der Waals surface area contributed by atoms with Crippen molar-refractivity contribution in [3.05, 3.63) is 28.8 Å². The fourth-order valence-corrected chi connectivity index (χ4v) is 3.33. The Morgan fingerprint density at radius 2 is 1.94 bits per heavy atom. The molecule has 0 radical (unpaired) electrons. The van der Waals surface area contributed by atoms with Gasteiger partial charge in [-0.3, -0.25) is 4.79 Å². The molecule has 0 unspecified atom stereocenters. The van der Waals surface area contributed by atoms with Crippen molar-refractivity contribution in [2.75, 3.05) is 0 Å². The van der Waals surface area contributed by atoms with Gasteiger partial charge in [-0.25, -0.2) is 0 Å². The molecule has 1 aliphatic carbocycles. The Balaban J connectivity index is 2.21. The number of carbonyl (C=O) groups is 1. The lowest BCUT2D eigenvalue weighted by molar-refractivity contribution is -0.143. The summed E-state index contributed by atoms with van der Waals surface area (Å²) in [6.07, 6.45) is 3.01. The number of carboxylic acids is 1. The van der Waals surface area contributed by atoms with Crippen molar-refractivity contribution in [2.45, 2.75) is 44.3 Å². The highest BCUT2D eigenvalue weighted by Gasteiger charge is 2.46. The van der Waals surface area contributed by atoms with Crippen molar-refractivity contribution in [3.63, 3.8) is 0 Å². The molecule has 2 aliphatic rings. The maximum atomic E-state index is 11.7. The van der Waals surface area contributed by atoms with E-state index < -0.39 is 11.4 Å². The van der Waals surface area contributed by atoms with E-state index in [0.29, 0.717) is 31.6 Å². The number of hydrogen-bond acceptors (Lipinski definition) is 3. The molecule has 0 amide bonds. The molecule has 4 nitrogen and oxygen atoms in total. The standard InChI is InChI=1S/C14H16O4/c15-11-4-3-9-7-18-8-10(9)12(11)14(13(16)17)5-1-2-6-14/h3-4,15H,1-2,5-8H2,(H,16,17). The Morgan fingerprint density at radius 3 is 2.61 bits per heavy atom. The molecule has 1 aliphatic heterocycles. The zero-order valence-electron chi connectivity index (χ0n) is 10.1. The van der Waals surface area contributed by atoms with Crippen molar-refractivity contribution < 1.29 is 19.7 Å². The Morgan fingerprint density at radius 1 is 1.22 bits per heavy atom. The molecule has 3 rings (SSSR count). The lowest BCUT2D eigenvalue weighted by Gasteiger charge is -2.27. The fraction of sp³-hybridized carbons (Fsp3) is 0.500. The van der Waals surface area contributed by atoms with Crippen LogP contribution in [0.25, 0.3) is 0 Å². The second-order valence-corrected chi connectivity index (χ2v) is 5.18. The summed E-state index contributed by atoms with van der Waals surface area (Å²) in [5.74, 6) is -0.723. The number of hydrogen-bond donors (Lipinski definition) is 2. The number of phenols is 1. The molecule has 0 saturated heterocycles. The minimum absolute atomic E-state index is 0.101. The van der Waals surface area contributed by atoms with Gasteiger partial charge in [0.15, 0.2) is 0 Å². The van der Waals surface area contributed by atoms with Gasteiger partial charge in [0.2, 0.25) is 0 Å². The molecule has 0 bridgehead atoms. The molecular weight excluding hydrogens is 232 g/mol. The molecule has 1 aromatic carbocycles. The SMILES string of the molecule is O=C(O)C1(c2c(O)ccc3c2COC3)CCCC1. The first-order chi connectivity index (χ1) is 8.65. The van der Waals surface area contributed by atoms with Crippen LogP contribution >= 0.6 is 0 Å². The summed E-state index contributed by atoms with van der Waals surface area (Å²) in [4.78, 5) is 11.7. The number of rotatable bonds is 2. The number of fused-ring (bicyclic) bond motifs is 1. The molecule has 4 heteroatoms. The van der Waals surface area contributed by atoms with Crippen LogP contribution in [0.3, 0.4) is 0 Å². The smallest absolute Gasteiger partial charge is 0.314 e. The third-order valence-electron chi connectivity index (χ3n) is 4.24. The third-order valence-corrected chi connectivity index (χ3v) is 4.24. The molecule has 0 atom stereocenters. The quantitative estimate of drug-likeness (QED) is 0.842. The first kappa shape index (κ1) is 11.5. The molecule has 1 aromatic rings. The first-order valence-electron chi connectivity index (χ1n) is 6.30. The van der Waals surface area contributed by atoms with E-state index in [4.69, 9.17) is 4.74 Å². The molecule has 2 N–H and O–H groups in total. The number of ether oxygens (including phenoxy) is 1. The van der Waals surface area contributed by atoms with Gasteiger partial charge in [0.05, 0.1) is 18.6 Å². The monoisotopic (exact) mass is 248 g/mol. The van der Waals surface area contributed by atoms with Crippen LogP contribution in [0.2, 0.25) is 0 Å². The van der Waals surface area contributed by atoms with Crippen LogP contribution in [0.15, 0.2) is 12.1 Å². The summed E-state index contributed by atoms with van der Waals surface area (Å²) in [6, 6.07) is 3.43. The highest BCUT2D eigenvalue weighted by atomic mass is 16.5. The molecule has 1 heterocycles. The van der Waals surface area contributed by atoms with E-state index in [1.807, 2.05) is 6.07 Å². The number of aromatic hydroxyl groups is 1. The third kappa shape index (κ3) is 1.45. The van der Waals surface area contributed by atoms with Gasteiger partial charge in [-0.05, 0) is 30.0 Å². The second-order valence-electron chi connectivity index (χ2n) is 5.18. The van der Waals surface area contributed by atoms with Crippen LogP contribution in [0.4, 0.5) is 0 Å².